The van der Waals surface area contributed by atoms with E-state index in [1.807, 2.05) is 6.92 Å². The van der Waals surface area contributed by atoms with Crippen LogP contribution in [0.2, 0.25) is 0 Å². The van der Waals surface area contributed by atoms with E-state index in [-0.39, 0.29) is 17.3 Å². The molecule has 2 aromatic rings. The number of anilines is 2. The fraction of sp³-hybridized carbons (Fsp3) is 0.235. The lowest BCUT2D eigenvalue weighted by molar-refractivity contribution is -0.383. The highest BCUT2D eigenvalue weighted by molar-refractivity contribution is 6.08. The van der Waals surface area contributed by atoms with Gasteiger partial charge in [0, 0.05) is 30.6 Å². The Hall–Kier alpha value is -3.29. The Morgan fingerprint density at radius 3 is 2.64 bits per heavy atom. The molecule has 0 bridgehead atoms. The minimum absolute atomic E-state index is 0.0724. The first-order valence-corrected chi connectivity index (χ1v) is 7.79. The number of nitrogens with zero attached hydrogens (tertiary/aromatic N) is 3. The molecule has 1 unspecified atom stereocenters. The molecule has 0 saturated heterocycles. The van der Waals surface area contributed by atoms with Crippen molar-refractivity contribution >= 4 is 28.9 Å². The first-order valence-electron chi connectivity index (χ1n) is 7.79. The Balaban J connectivity index is 2.04. The van der Waals surface area contributed by atoms with Crippen molar-refractivity contribution in [3.05, 3.63) is 57.9 Å². The van der Waals surface area contributed by atoms with Crippen molar-refractivity contribution in [1.29, 1.82) is 0 Å². The predicted molar refractivity (Wildman–Crippen MR) is 91.7 cm³/mol. The summed E-state index contributed by atoms with van der Waals surface area (Å²) in [5.74, 6) is -0.994. The summed E-state index contributed by atoms with van der Waals surface area (Å²) in [5, 5.41) is 14.0. The third kappa shape index (κ3) is 2.82. The molecule has 0 aliphatic carbocycles. The Morgan fingerprint density at radius 1 is 1.36 bits per heavy atom. The van der Waals surface area contributed by atoms with E-state index in [1.54, 1.807) is 6.92 Å². The zero-order valence-electron chi connectivity index (χ0n) is 13.7. The van der Waals surface area contributed by atoms with E-state index in [0.717, 1.165) is 0 Å². The lowest BCUT2D eigenvalue weighted by Crippen LogP contribution is -2.27. The van der Waals surface area contributed by atoms with Gasteiger partial charge in [-0.2, -0.15) is 0 Å². The summed E-state index contributed by atoms with van der Waals surface area (Å²) < 4.78 is 0. The summed E-state index contributed by atoms with van der Waals surface area (Å²) in [6, 6.07) is 5.90. The van der Waals surface area contributed by atoms with Crippen LogP contribution in [0.25, 0.3) is 0 Å². The molecule has 128 valence electrons. The molecule has 1 atom stereocenters. The number of carbonyl (C=O) groups is 2. The lowest BCUT2D eigenvalue weighted by atomic mass is 10.0. The van der Waals surface area contributed by atoms with Crippen LogP contribution in [0, 0.1) is 10.1 Å². The van der Waals surface area contributed by atoms with Gasteiger partial charge in [0.25, 0.3) is 11.6 Å². The number of carbonyl (C=O) groups excluding carboxylic acids is 2. The maximum Gasteiger partial charge on any atom is 0.294 e. The maximum absolute atomic E-state index is 12.3. The van der Waals surface area contributed by atoms with Gasteiger partial charge in [0.15, 0.2) is 0 Å². The van der Waals surface area contributed by atoms with E-state index >= 15 is 0 Å². The van der Waals surface area contributed by atoms with Gasteiger partial charge in [0.05, 0.1) is 16.5 Å². The van der Waals surface area contributed by atoms with Crippen LogP contribution in [0.3, 0.4) is 0 Å². The molecule has 1 aromatic heterocycles. The first-order chi connectivity index (χ1) is 11.9. The second-order valence-corrected chi connectivity index (χ2v) is 5.68. The molecule has 1 aliphatic heterocycles. The Kier molecular flexibility index (Phi) is 4.18. The first kappa shape index (κ1) is 16.6. The number of hydrogen-bond donors (Lipinski definition) is 1. The number of pyridine rings is 1. The van der Waals surface area contributed by atoms with Crippen molar-refractivity contribution in [1.82, 2.24) is 4.98 Å². The predicted octanol–water partition coefficient (Wildman–Crippen LogP) is 2.71. The van der Waals surface area contributed by atoms with Gasteiger partial charge in [-0.3, -0.25) is 24.7 Å². The number of amides is 2. The third-order valence-electron chi connectivity index (χ3n) is 4.24. The van der Waals surface area contributed by atoms with Crippen LogP contribution < -0.4 is 10.2 Å². The number of rotatable bonds is 4. The molecule has 0 spiro atoms. The number of nitro benzene ring substituents is 1. The molecular formula is C17H16N4O4. The Morgan fingerprint density at radius 2 is 2.04 bits per heavy atom. The normalized spacial score (nSPS) is 15.8. The van der Waals surface area contributed by atoms with Gasteiger partial charge in [-0.25, -0.2) is 0 Å². The summed E-state index contributed by atoms with van der Waals surface area (Å²) in [5.41, 5.74) is 1.35. The maximum atomic E-state index is 12.3. The number of aromatic nitrogens is 1. The molecule has 8 nitrogen and oxygen atoms in total. The fourth-order valence-corrected chi connectivity index (χ4v) is 2.94. The largest absolute Gasteiger partial charge is 0.316 e. The second-order valence-electron chi connectivity index (χ2n) is 5.68. The smallest absolute Gasteiger partial charge is 0.294 e. The van der Waals surface area contributed by atoms with Crippen LogP contribution in [0.4, 0.5) is 17.1 Å². The third-order valence-corrected chi connectivity index (χ3v) is 4.24. The van der Waals surface area contributed by atoms with Crippen molar-refractivity contribution in [2.45, 2.75) is 19.8 Å². The number of likely N-dealkylation sites (N-methyl/N-ethyl adjacent to an activating group) is 1. The molecule has 2 amide bonds. The summed E-state index contributed by atoms with van der Waals surface area (Å²) in [4.78, 5) is 40.8. The number of benzene rings is 1. The number of fused-ring (bicyclic) bond motifs is 1. The zero-order chi connectivity index (χ0) is 18.1. The van der Waals surface area contributed by atoms with E-state index in [2.05, 4.69) is 10.3 Å². The summed E-state index contributed by atoms with van der Waals surface area (Å²) in [6.45, 7) is 3.98. The van der Waals surface area contributed by atoms with E-state index < -0.39 is 16.7 Å². The molecule has 1 aromatic carbocycles. The van der Waals surface area contributed by atoms with Gasteiger partial charge in [-0.15, -0.1) is 0 Å². The van der Waals surface area contributed by atoms with Gasteiger partial charge in [-0.1, -0.05) is 0 Å². The van der Waals surface area contributed by atoms with E-state index in [4.69, 9.17) is 0 Å². The highest BCUT2D eigenvalue weighted by Gasteiger charge is 2.36. The van der Waals surface area contributed by atoms with E-state index in [0.29, 0.717) is 23.4 Å². The minimum atomic E-state index is -0.566. The van der Waals surface area contributed by atoms with Crippen LogP contribution in [-0.4, -0.2) is 28.3 Å². The van der Waals surface area contributed by atoms with Crippen LogP contribution in [-0.2, 0) is 4.79 Å². The van der Waals surface area contributed by atoms with Gasteiger partial charge in [0.2, 0.25) is 5.91 Å². The molecule has 1 aliphatic rings. The van der Waals surface area contributed by atoms with Crippen LogP contribution >= 0.6 is 0 Å². The highest BCUT2D eigenvalue weighted by Crippen LogP contribution is 2.42. The molecule has 25 heavy (non-hydrogen) atoms. The fourth-order valence-electron chi connectivity index (χ4n) is 2.94. The Bertz CT molecular complexity index is 866. The number of hydrogen-bond acceptors (Lipinski definition) is 5. The minimum Gasteiger partial charge on any atom is -0.316 e. The quantitative estimate of drug-likeness (QED) is 0.680. The van der Waals surface area contributed by atoms with Crippen LogP contribution in [0.5, 0.6) is 0 Å². The zero-order valence-corrected chi connectivity index (χ0v) is 13.7. The van der Waals surface area contributed by atoms with Gasteiger partial charge in [0.1, 0.15) is 5.69 Å². The topological polar surface area (TPSA) is 105 Å². The molecule has 3 rings (SSSR count). The average Bonchev–Trinajstić information content (AvgIpc) is 2.85. The summed E-state index contributed by atoms with van der Waals surface area (Å²) in [6.07, 6.45) is 2.93. The average molecular weight is 340 g/mol. The molecular weight excluding hydrogens is 324 g/mol. The van der Waals surface area contributed by atoms with Crippen molar-refractivity contribution in [3.63, 3.8) is 0 Å². The van der Waals surface area contributed by atoms with Gasteiger partial charge in [-0.05, 0) is 37.6 Å². The van der Waals surface area contributed by atoms with E-state index in [9.17, 15) is 19.7 Å². The Labute approximate surface area is 143 Å². The van der Waals surface area contributed by atoms with Crippen LogP contribution in [0.15, 0.2) is 36.7 Å². The monoisotopic (exact) mass is 340 g/mol. The molecule has 0 radical (unpaired) electrons. The second kappa shape index (κ2) is 6.31. The molecule has 2 heterocycles. The SMILES string of the molecule is CCN1C(=O)C(C)c2cc(NC(=O)c3ccncc3)c([N+](=O)[O-])cc21. The van der Waals surface area contributed by atoms with Gasteiger partial charge >= 0.3 is 0 Å². The van der Waals surface area contributed by atoms with Crippen molar-refractivity contribution in [3.8, 4) is 0 Å². The molecule has 0 saturated carbocycles. The van der Waals surface area contributed by atoms with E-state index in [1.165, 1.54) is 41.6 Å². The molecule has 0 fully saturated rings. The summed E-state index contributed by atoms with van der Waals surface area (Å²) in [7, 11) is 0. The lowest BCUT2D eigenvalue weighted by Gasteiger charge is -2.15. The standard InChI is InChI=1S/C17H16N4O4/c1-3-20-14-9-15(21(24)25)13(8-12(14)10(2)17(20)23)19-16(22)11-4-6-18-7-5-11/h4-10H,3H2,1-2H3,(H,19,22). The summed E-state index contributed by atoms with van der Waals surface area (Å²) >= 11 is 0. The van der Waals surface area contributed by atoms with Crippen molar-refractivity contribution < 1.29 is 14.5 Å². The molecule has 1 N–H and O–H groups in total. The van der Waals surface area contributed by atoms with Crippen molar-refractivity contribution in [2.75, 3.05) is 16.8 Å². The number of nitrogens with one attached hydrogen (secondary N) is 1. The highest BCUT2D eigenvalue weighted by atomic mass is 16.6. The van der Waals surface area contributed by atoms with Crippen molar-refractivity contribution in [2.24, 2.45) is 0 Å². The van der Waals surface area contributed by atoms with Crippen LogP contribution in [0.1, 0.15) is 35.7 Å². The van der Waals surface area contributed by atoms with Gasteiger partial charge < -0.3 is 10.2 Å². The molecule has 8 heteroatoms. The number of nitro groups is 1.